The Kier molecular flexibility index (Phi) is 14.9. The Morgan fingerprint density at radius 1 is 0.794 bits per heavy atom. The molecule has 16 nitrogen and oxygen atoms in total. The Morgan fingerprint density at radius 2 is 1.31 bits per heavy atom. The second-order valence-corrected chi connectivity index (χ2v) is 24.7. The minimum atomic E-state index is -1.45. The molecule has 68 heavy (non-hydrogen) atoms. The van der Waals surface area contributed by atoms with Crippen molar-refractivity contribution in [3.63, 3.8) is 0 Å². The first-order valence-electron chi connectivity index (χ1n) is 21.7. The Labute approximate surface area is 414 Å². The Morgan fingerprint density at radius 3 is 1.82 bits per heavy atom. The van der Waals surface area contributed by atoms with Gasteiger partial charge in [-0.25, -0.2) is 19.9 Å². The van der Waals surface area contributed by atoms with Gasteiger partial charge in [0.05, 0.1) is 43.5 Å². The third-order valence-electron chi connectivity index (χ3n) is 11.3. The molecule has 1 saturated heterocycles. The van der Waals surface area contributed by atoms with Crippen molar-refractivity contribution in [2.45, 2.75) is 96.1 Å². The third kappa shape index (κ3) is 12.5. The van der Waals surface area contributed by atoms with E-state index in [2.05, 4.69) is 104 Å². The van der Waals surface area contributed by atoms with Gasteiger partial charge in [0.25, 0.3) is 0 Å². The lowest BCUT2D eigenvalue weighted by atomic mass is 9.78. The normalized spacial score (nSPS) is 15.6. The number of hydrogen-bond donors (Lipinski definition) is 6. The summed E-state index contributed by atoms with van der Waals surface area (Å²) in [5.74, 6) is 8.69. The number of anilines is 4. The molecule has 0 spiro atoms. The minimum Gasteiger partial charge on any atom is -0.399 e. The zero-order valence-corrected chi connectivity index (χ0v) is 42.6. The Balaban J connectivity index is 0.000000154. The third-order valence-corrected chi connectivity index (χ3v) is 13.2. The van der Waals surface area contributed by atoms with Crippen LogP contribution in [0.15, 0.2) is 65.7 Å². The number of primary amides is 2. The molecule has 0 bridgehead atoms. The van der Waals surface area contributed by atoms with Crippen LogP contribution in [0.5, 0.6) is 0 Å². The van der Waals surface area contributed by atoms with Crippen molar-refractivity contribution in [3.8, 4) is 35.2 Å². The molecule has 5 heterocycles. The molecular weight excluding hydrogens is 986 g/mol. The van der Waals surface area contributed by atoms with E-state index in [0.717, 1.165) is 22.5 Å². The predicted molar refractivity (Wildman–Crippen MR) is 272 cm³/mol. The Bertz CT molecular complexity index is 2970. The smallest absolute Gasteiger partial charge is 0.399 e. The largest absolute Gasteiger partial charge is 0.494 e. The molecule has 3 fully saturated rings. The molecule has 0 radical (unpaired) electrons. The van der Waals surface area contributed by atoms with E-state index >= 15 is 0 Å². The number of aromatic amines is 2. The van der Waals surface area contributed by atoms with E-state index in [-0.39, 0.29) is 16.1 Å². The number of benzene rings is 2. The van der Waals surface area contributed by atoms with Crippen LogP contribution < -0.4 is 27.6 Å². The number of nitrogens with one attached hydrogen (secondary N) is 4. The van der Waals surface area contributed by atoms with E-state index in [9.17, 15) is 9.59 Å². The van der Waals surface area contributed by atoms with E-state index in [1.165, 1.54) is 37.6 Å². The van der Waals surface area contributed by atoms with Crippen molar-refractivity contribution >= 4 is 94.9 Å². The molecule has 350 valence electrons. The SMILES string of the molecule is C#Cc1cnc(-c2ccc(Cl)c(C(N)=O)c2)nc1Nc1cc(C2CC2)[nH]n1.CC1(C)OB(c2ccc(Cl)c(C(N)=O)c2)OC1(C)C.C[Si](C)(C)C#Cc1cnc(Br)nc1Nc1cc(C2CC2)[nH]n1. The molecule has 3 aliphatic rings. The molecule has 1 aliphatic heterocycles. The highest BCUT2D eigenvalue weighted by molar-refractivity contribution is 9.10. The average Bonchev–Trinajstić information content (AvgIpc) is 4.20. The first kappa shape index (κ1) is 49.8. The summed E-state index contributed by atoms with van der Waals surface area (Å²) in [5, 5.41) is 21.6. The maximum atomic E-state index is 11.5. The van der Waals surface area contributed by atoms with Crippen LogP contribution in [0, 0.1) is 23.8 Å². The number of aromatic nitrogens is 8. The van der Waals surface area contributed by atoms with Gasteiger partial charge < -0.3 is 31.4 Å². The van der Waals surface area contributed by atoms with Gasteiger partial charge in [-0.3, -0.25) is 19.8 Å². The topological polar surface area (TPSA) is 238 Å². The van der Waals surface area contributed by atoms with Gasteiger partial charge in [0.15, 0.2) is 33.8 Å². The standard InChI is InChI=1S/C19H15ClN6O.C15H18BrN5Si.C13H17BClNO3/c1-2-10-9-22-18(12-5-6-14(20)13(7-12)17(21)27)24-19(10)23-16-8-15(25-26-16)11-3-4-11;1-22(2,3)7-6-11-9-17-15(16)19-14(11)18-13-8-12(20-21-13)10-4-5-10;1-12(2)13(3,4)19-14(18-12)8-5-6-10(15)9(7-8)11(16)17/h1,5-9,11H,3-4H2,(H2,21,27)(H2,22,23,24,25,26);8-10H,4-5H2,1-3H3,(H2,17,18,19,20,21);5-7H,1-4H3,(H2,16,17). The van der Waals surface area contributed by atoms with Crippen molar-refractivity contribution in [2.75, 3.05) is 10.6 Å². The summed E-state index contributed by atoms with van der Waals surface area (Å²) in [4.78, 5) is 40.2. The van der Waals surface area contributed by atoms with Crippen LogP contribution in [0.3, 0.4) is 0 Å². The van der Waals surface area contributed by atoms with Crippen LogP contribution in [-0.2, 0) is 9.31 Å². The molecule has 2 saturated carbocycles. The number of carbonyl (C=O) groups excluding carboxylic acids is 2. The lowest BCUT2D eigenvalue weighted by Crippen LogP contribution is -2.41. The van der Waals surface area contributed by atoms with Crippen LogP contribution in [0.1, 0.15) is 108 Å². The number of amides is 2. The van der Waals surface area contributed by atoms with Crippen molar-refractivity contribution in [3.05, 3.63) is 109 Å². The second kappa shape index (κ2) is 20.3. The van der Waals surface area contributed by atoms with E-state index in [0.29, 0.717) is 56.0 Å². The molecule has 2 aliphatic carbocycles. The number of H-pyrrole nitrogens is 2. The van der Waals surface area contributed by atoms with Crippen LogP contribution in [0.2, 0.25) is 29.7 Å². The van der Waals surface area contributed by atoms with Crippen LogP contribution in [0.25, 0.3) is 11.4 Å². The van der Waals surface area contributed by atoms with Gasteiger partial charge in [-0.1, -0.05) is 60.8 Å². The van der Waals surface area contributed by atoms with Crippen molar-refractivity contribution in [1.82, 2.24) is 40.3 Å². The number of terminal acetylenes is 1. The molecule has 2 aromatic carbocycles. The number of rotatable bonds is 10. The highest BCUT2D eigenvalue weighted by atomic mass is 79.9. The molecule has 8 N–H and O–H groups in total. The number of nitrogens with zero attached hydrogens (tertiary/aromatic N) is 6. The van der Waals surface area contributed by atoms with Crippen LogP contribution >= 0.6 is 39.1 Å². The van der Waals surface area contributed by atoms with Crippen molar-refractivity contribution in [2.24, 2.45) is 11.5 Å². The van der Waals surface area contributed by atoms with Gasteiger partial charge in [-0.2, -0.15) is 10.2 Å². The Hall–Kier alpha value is -6.06. The molecule has 4 aromatic heterocycles. The average molecular weight is 1040 g/mol. The fourth-order valence-electron chi connectivity index (χ4n) is 6.49. The van der Waals surface area contributed by atoms with E-state index in [1.54, 1.807) is 42.6 Å². The molecule has 9 rings (SSSR count). The van der Waals surface area contributed by atoms with Crippen LogP contribution in [-0.4, -0.2) is 78.5 Å². The first-order chi connectivity index (χ1) is 32.1. The summed E-state index contributed by atoms with van der Waals surface area (Å²) in [6, 6.07) is 13.9. The number of hydrogen-bond acceptors (Lipinski definition) is 12. The highest BCUT2D eigenvalue weighted by Crippen LogP contribution is 2.41. The summed E-state index contributed by atoms with van der Waals surface area (Å²) in [7, 11) is -1.98. The zero-order chi connectivity index (χ0) is 49.1. The lowest BCUT2D eigenvalue weighted by molar-refractivity contribution is 0.00578. The maximum Gasteiger partial charge on any atom is 0.494 e. The quantitative estimate of drug-likeness (QED) is 0.0429. The summed E-state index contributed by atoms with van der Waals surface area (Å²) >= 11 is 15.2. The summed E-state index contributed by atoms with van der Waals surface area (Å²) in [6.45, 7) is 14.5. The first-order valence-corrected chi connectivity index (χ1v) is 26.7. The summed E-state index contributed by atoms with van der Waals surface area (Å²) < 4.78 is 12.3. The van der Waals surface area contributed by atoms with Crippen molar-refractivity contribution < 1.29 is 18.9 Å². The van der Waals surface area contributed by atoms with Gasteiger partial charge in [0, 0.05) is 53.3 Å². The summed E-state index contributed by atoms with van der Waals surface area (Å²) in [6.07, 6.45) is 13.7. The zero-order valence-electron chi connectivity index (χ0n) is 38.5. The van der Waals surface area contributed by atoms with Crippen LogP contribution in [0.4, 0.5) is 23.3 Å². The fraction of sp³-hybridized carbons (Fsp3) is 0.319. The molecule has 21 heteroatoms. The highest BCUT2D eigenvalue weighted by Gasteiger charge is 2.51. The van der Waals surface area contributed by atoms with Gasteiger partial charge in [0.1, 0.15) is 8.07 Å². The molecule has 6 aromatic rings. The van der Waals surface area contributed by atoms with Gasteiger partial charge >= 0.3 is 7.12 Å². The van der Waals surface area contributed by atoms with Crippen molar-refractivity contribution in [1.29, 1.82) is 0 Å². The van der Waals surface area contributed by atoms with E-state index in [4.69, 9.17) is 50.4 Å². The predicted octanol–water partition coefficient (Wildman–Crippen LogP) is 8.77. The monoisotopic (exact) mass is 1030 g/mol. The van der Waals surface area contributed by atoms with Gasteiger partial charge in [-0.05, 0) is 105 Å². The second-order valence-electron chi connectivity index (χ2n) is 18.5. The maximum absolute atomic E-state index is 11.5. The number of nitrogens with two attached hydrogens (primary N) is 2. The molecule has 0 unspecified atom stereocenters. The van der Waals surface area contributed by atoms with Gasteiger partial charge in [-0.15, -0.1) is 12.0 Å². The number of carbonyl (C=O) groups is 2. The lowest BCUT2D eigenvalue weighted by Gasteiger charge is -2.32. The van der Waals surface area contributed by atoms with E-state index < -0.39 is 38.2 Å². The van der Waals surface area contributed by atoms with Gasteiger partial charge in [0.2, 0.25) is 11.8 Å². The molecule has 0 atom stereocenters. The minimum absolute atomic E-state index is 0.203. The number of halogens is 3. The fourth-order valence-corrected chi connectivity index (χ4v) is 7.70. The van der Waals surface area contributed by atoms with E-state index in [1.807, 2.05) is 39.8 Å². The molecule has 2 amide bonds. The molecular formula is C47H50BBrCl2N12O4Si. The summed E-state index contributed by atoms with van der Waals surface area (Å²) in [5.41, 5.74) is 18.5.